The second kappa shape index (κ2) is 7.33. The topological polar surface area (TPSA) is 120 Å². The molecule has 0 aliphatic carbocycles. The lowest BCUT2D eigenvalue weighted by atomic mass is 10.2. The maximum absolute atomic E-state index is 12.9. The predicted molar refractivity (Wildman–Crippen MR) is 88.0 cm³/mol. The Balaban J connectivity index is 2.82. The molecule has 0 aliphatic rings. The summed E-state index contributed by atoms with van der Waals surface area (Å²) < 4.78 is 89.4. The van der Waals surface area contributed by atoms with Gasteiger partial charge in [-0.3, -0.25) is 0 Å². The predicted octanol–water partition coefficient (Wildman–Crippen LogP) is 3.50. The van der Waals surface area contributed by atoms with Gasteiger partial charge in [-0.15, -0.1) is 0 Å². The Kier molecular flexibility index (Phi) is 5.78. The average Bonchev–Trinajstić information content (AvgIpc) is 2.88. The molecule has 7 nitrogen and oxygen atoms in total. The Labute approximate surface area is 163 Å². The first-order valence-electron chi connectivity index (χ1n) is 6.61. The molecular formula is C12H7Cl2F6N5O2S. The minimum atomic E-state index is -5.31. The zero-order valence-electron chi connectivity index (χ0n) is 12.9. The molecule has 1 aromatic heterocycles. The van der Waals surface area contributed by atoms with Crippen LogP contribution in [0.2, 0.25) is 10.0 Å². The first-order chi connectivity index (χ1) is 12.7. The highest BCUT2D eigenvalue weighted by atomic mass is 35.5. The van der Waals surface area contributed by atoms with Crippen molar-refractivity contribution in [2.45, 2.75) is 16.6 Å². The van der Waals surface area contributed by atoms with Gasteiger partial charge >= 0.3 is 11.7 Å². The standard InChI is InChI=1S/C12H7Cl2F6N5O2S/c13-4-1-3(11(15,16)17)2-5(14)7(4)25-10(22)8(28(27)12(18,19)20)6(23-25)9(21)24-26/h1-2,26H,22H2,(H2,21,24). The number of amidine groups is 1. The Bertz CT molecular complexity index is 965. The van der Waals surface area contributed by atoms with E-state index in [4.69, 9.17) is 39.9 Å². The van der Waals surface area contributed by atoms with Crippen molar-refractivity contribution in [2.24, 2.45) is 10.9 Å². The van der Waals surface area contributed by atoms with Crippen molar-refractivity contribution >= 4 is 45.7 Å². The van der Waals surface area contributed by atoms with Gasteiger partial charge in [0.05, 0.1) is 15.6 Å². The number of benzene rings is 1. The monoisotopic (exact) mass is 469 g/mol. The van der Waals surface area contributed by atoms with E-state index >= 15 is 0 Å². The molecule has 154 valence electrons. The van der Waals surface area contributed by atoms with E-state index < -0.39 is 66.0 Å². The van der Waals surface area contributed by atoms with Gasteiger partial charge in [-0.1, -0.05) is 28.4 Å². The highest BCUT2D eigenvalue weighted by Gasteiger charge is 2.43. The van der Waals surface area contributed by atoms with Gasteiger partial charge in [0.25, 0.3) is 0 Å². The molecule has 0 bridgehead atoms. The molecule has 0 saturated carbocycles. The van der Waals surface area contributed by atoms with Gasteiger partial charge < -0.3 is 16.7 Å². The minimum Gasteiger partial charge on any atom is -0.409 e. The van der Waals surface area contributed by atoms with Crippen LogP contribution in [0, 0.1) is 0 Å². The molecule has 0 spiro atoms. The summed E-state index contributed by atoms with van der Waals surface area (Å²) in [6, 6.07) is 0.876. The maximum Gasteiger partial charge on any atom is 0.476 e. The van der Waals surface area contributed by atoms with Crippen LogP contribution in [0.3, 0.4) is 0 Å². The number of nitrogens with zero attached hydrogens (tertiary/aromatic N) is 3. The van der Waals surface area contributed by atoms with E-state index in [0.29, 0.717) is 16.8 Å². The fraction of sp³-hybridized carbons (Fsp3) is 0.167. The number of nitrogen functional groups attached to an aromatic ring is 1. The third-order valence-corrected chi connectivity index (χ3v) is 4.95. The number of halogens is 8. The van der Waals surface area contributed by atoms with Crippen molar-refractivity contribution in [3.8, 4) is 5.69 Å². The van der Waals surface area contributed by atoms with Crippen LogP contribution >= 0.6 is 23.2 Å². The zero-order valence-corrected chi connectivity index (χ0v) is 15.3. The molecule has 1 aromatic carbocycles. The van der Waals surface area contributed by atoms with Crippen LogP contribution in [0.25, 0.3) is 5.69 Å². The normalized spacial score (nSPS) is 14.4. The Morgan fingerprint density at radius 2 is 1.68 bits per heavy atom. The summed E-state index contributed by atoms with van der Waals surface area (Å²) in [6.45, 7) is 0. The second-order valence-corrected chi connectivity index (χ2v) is 7.18. The maximum atomic E-state index is 12.9. The largest absolute Gasteiger partial charge is 0.476 e. The summed E-state index contributed by atoms with van der Waals surface area (Å²) in [6.07, 6.45) is -4.82. The number of nitrogens with two attached hydrogens (primary N) is 2. The quantitative estimate of drug-likeness (QED) is 0.209. The molecule has 5 N–H and O–H groups in total. The van der Waals surface area contributed by atoms with E-state index in [9.17, 15) is 30.6 Å². The van der Waals surface area contributed by atoms with E-state index in [1.165, 1.54) is 0 Å². The van der Waals surface area contributed by atoms with E-state index in [0.717, 1.165) is 0 Å². The summed E-state index contributed by atoms with van der Waals surface area (Å²) in [5.41, 5.74) is 2.80. The van der Waals surface area contributed by atoms with Crippen LogP contribution in [-0.4, -0.2) is 30.5 Å². The van der Waals surface area contributed by atoms with Gasteiger partial charge in [0, 0.05) is 0 Å². The lowest BCUT2D eigenvalue weighted by Gasteiger charge is -2.13. The molecule has 2 aromatic rings. The fourth-order valence-corrected chi connectivity index (χ4v) is 3.51. The molecule has 1 unspecified atom stereocenters. The van der Waals surface area contributed by atoms with Crippen LogP contribution in [0.15, 0.2) is 22.2 Å². The van der Waals surface area contributed by atoms with Crippen molar-refractivity contribution in [3.63, 3.8) is 0 Å². The van der Waals surface area contributed by atoms with Gasteiger partial charge in [0.15, 0.2) is 16.6 Å². The fourth-order valence-electron chi connectivity index (χ4n) is 2.03. The molecular weight excluding hydrogens is 463 g/mol. The first-order valence-corrected chi connectivity index (χ1v) is 8.52. The molecule has 0 amide bonds. The summed E-state index contributed by atoms with van der Waals surface area (Å²) in [5, 5.41) is 13.4. The highest BCUT2D eigenvalue weighted by molar-refractivity contribution is 7.86. The van der Waals surface area contributed by atoms with Gasteiger partial charge in [-0.05, 0) is 12.1 Å². The van der Waals surface area contributed by atoms with Crippen LogP contribution in [0.4, 0.5) is 32.2 Å². The van der Waals surface area contributed by atoms with Crippen LogP contribution in [0.5, 0.6) is 0 Å². The van der Waals surface area contributed by atoms with Gasteiger partial charge in [0.2, 0.25) is 0 Å². The summed E-state index contributed by atoms with van der Waals surface area (Å²) in [5.74, 6) is -1.93. The molecule has 2 rings (SSSR count). The molecule has 28 heavy (non-hydrogen) atoms. The molecule has 1 atom stereocenters. The number of hydrogen-bond acceptors (Lipinski definition) is 5. The zero-order chi connectivity index (χ0) is 21.6. The number of oxime groups is 1. The van der Waals surface area contributed by atoms with Crippen molar-refractivity contribution in [1.82, 2.24) is 9.78 Å². The minimum absolute atomic E-state index is 0.414. The number of aromatic nitrogens is 2. The van der Waals surface area contributed by atoms with E-state index in [1.54, 1.807) is 0 Å². The average molecular weight is 470 g/mol. The number of alkyl halides is 6. The molecule has 0 aliphatic heterocycles. The van der Waals surface area contributed by atoms with E-state index in [1.807, 2.05) is 0 Å². The molecule has 16 heteroatoms. The first kappa shape index (κ1) is 22.1. The Hall–Kier alpha value is -2.19. The highest BCUT2D eigenvalue weighted by Crippen LogP contribution is 2.40. The number of hydrogen-bond donors (Lipinski definition) is 3. The van der Waals surface area contributed by atoms with E-state index in [2.05, 4.69) is 10.3 Å². The molecule has 0 saturated heterocycles. The van der Waals surface area contributed by atoms with Crippen molar-refractivity contribution in [2.75, 3.05) is 5.73 Å². The van der Waals surface area contributed by atoms with Crippen molar-refractivity contribution in [1.29, 1.82) is 0 Å². The lowest BCUT2D eigenvalue weighted by molar-refractivity contribution is -0.137. The number of anilines is 1. The third-order valence-electron chi connectivity index (χ3n) is 3.18. The van der Waals surface area contributed by atoms with Crippen LogP contribution < -0.4 is 11.5 Å². The van der Waals surface area contributed by atoms with Crippen LogP contribution in [-0.2, 0) is 17.0 Å². The SMILES string of the molecule is NC(=NO)c1nn(-c2c(Cl)cc(C(F)(F)F)cc2Cl)c(N)c1S(=O)C(F)(F)F. The lowest BCUT2D eigenvalue weighted by Crippen LogP contribution is -2.22. The molecule has 0 fully saturated rings. The van der Waals surface area contributed by atoms with Crippen molar-refractivity contribution < 1.29 is 35.8 Å². The van der Waals surface area contributed by atoms with Crippen LogP contribution in [0.1, 0.15) is 11.3 Å². The van der Waals surface area contributed by atoms with Gasteiger partial charge in [-0.25, -0.2) is 8.89 Å². The Morgan fingerprint density at radius 3 is 2.07 bits per heavy atom. The summed E-state index contributed by atoms with van der Waals surface area (Å²) in [7, 11) is -3.78. The van der Waals surface area contributed by atoms with Crippen molar-refractivity contribution in [3.05, 3.63) is 33.4 Å². The second-order valence-electron chi connectivity index (χ2n) is 4.96. The summed E-state index contributed by atoms with van der Waals surface area (Å²) >= 11 is 11.6. The Morgan fingerprint density at radius 1 is 1.18 bits per heavy atom. The summed E-state index contributed by atoms with van der Waals surface area (Å²) in [4.78, 5) is -1.19. The smallest absolute Gasteiger partial charge is 0.409 e. The van der Waals surface area contributed by atoms with Gasteiger partial charge in [-0.2, -0.15) is 31.4 Å². The van der Waals surface area contributed by atoms with Gasteiger partial charge in [0.1, 0.15) is 22.1 Å². The third kappa shape index (κ3) is 3.98. The van der Waals surface area contributed by atoms with E-state index in [-0.39, 0.29) is 0 Å². The molecule has 1 heterocycles. The number of rotatable bonds is 3. The molecule has 0 radical (unpaired) electrons.